The van der Waals surface area contributed by atoms with Crippen molar-refractivity contribution in [2.45, 2.75) is 0 Å². The van der Waals surface area contributed by atoms with Crippen LogP contribution in [0.4, 0.5) is 5.69 Å². The van der Waals surface area contributed by atoms with Crippen LogP contribution < -0.4 is 5.32 Å². The van der Waals surface area contributed by atoms with Gasteiger partial charge in [0.2, 0.25) is 0 Å². The van der Waals surface area contributed by atoms with E-state index in [0.717, 1.165) is 27.8 Å². The molecule has 120 valence electrons. The Bertz CT molecular complexity index is 1040. The first-order valence-electron chi connectivity index (χ1n) is 8.12. The summed E-state index contributed by atoms with van der Waals surface area (Å²) in [4.78, 5) is 17.0. The normalized spacial score (nSPS) is 10.6. The highest BCUT2D eigenvalue weighted by molar-refractivity contribution is 6.04. The lowest BCUT2D eigenvalue weighted by molar-refractivity contribution is 0.102. The van der Waals surface area contributed by atoms with E-state index in [1.807, 2.05) is 72.8 Å². The number of carbonyl (C=O) groups is 1. The molecular weight excluding hydrogens is 308 g/mol. The maximum Gasteiger partial charge on any atom is 0.255 e. The molecule has 0 aliphatic carbocycles. The molecule has 1 heterocycles. The Hall–Kier alpha value is -3.46. The molecular formula is C22H16N2O. The van der Waals surface area contributed by atoms with Gasteiger partial charge in [0, 0.05) is 22.2 Å². The molecule has 1 N–H and O–H groups in total. The highest BCUT2D eigenvalue weighted by atomic mass is 16.1. The molecule has 0 unspecified atom stereocenters. The van der Waals surface area contributed by atoms with Crippen LogP contribution in [0.3, 0.4) is 0 Å². The zero-order valence-corrected chi connectivity index (χ0v) is 13.5. The lowest BCUT2D eigenvalue weighted by Gasteiger charge is -2.08. The van der Waals surface area contributed by atoms with Crippen molar-refractivity contribution in [1.29, 1.82) is 0 Å². The molecule has 1 amide bonds. The van der Waals surface area contributed by atoms with Crippen molar-refractivity contribution in [1.82, 2.24) is 4.98 Å². The minimum atomic E-state index is -0.121. The number of carbonyl (C=O) groups excluding carboxylic acids is 1. The molecule has 0 bridgehead atoms. The highest BCUT2D eigenvalue weighted by Gasteiger charge is 2.07. The number of anilines is 1. The topological polar surface area (TPSA) is 42.0 Å². The molecule has 3 heteroatoms. The molecule has 1 aromatic heterocycles. The summed E-state index contributed by atoms with van der Waals surface area (Å²) in [6.45, 7) is 0. The fourth-order valence-electron chi connectivity index (χ4n) is 2.78. The van der Waals surface area contributed by atoms with Gasteiger partial charge in [0.15, 0.2) is 0 Å². The van der Waals surface area contributed by atoms with Gasteiger partial charge in [0.1, 0.15) is 0 Å². The van der Waals surface area contributed by atoms with Gasteiger partial charge < -0.3 is 5.32 Å². The number of aromatic nitrogens is 1. The Labute approximate surface area is 146 Å². The van der Waals surface area contributed by atoms with Gasteiger partial charge in [0.25, 0.3) is 5.91 Å². The van der Waals surface area contributed by atoms with E-state index in [2.05, 4.69) is 11.4 Å². The predicted octanol–water partition coefficient (Wildman–Crippen LogP) is 5.15. The van der Waals surface area contributed by atoms with Crippen molar-refractivity contribution in [3.63, 3.8) is 0 Å². The number of para-hydroxylation sites is 1. The summed E-state index contributed by atoms with van der Waals surface area (Å²) in [6.07, 6.45) is 0. The van der Waals surface area contributed by atoms with Crippen molar-refractivity contribution in [2.24, 2.45) is 0 Å². The van der Waals surface area contributed by atoms with Crippen LogP contribution in [0, 0.1) is 0 Å². The second kappa shape index (κ2) is 6.57. The van der Waals surface area contributed by atoms with Crippen LogP contribution in [0.25, 0.3) is 22.2 Å². The minimum absolute atomic E-state index is 0.121. The van der Waals surface area contributed by atoms with Crippen molar-refractivity contribution >= 4 is 22.5 Å². The van der Waals surface area contributed by atoms with Crippen molar-refractivity contribution in [2.75, 3.05) is 5.32 Å². The monoisotopic (exact) mass is 324 g/mol. The second-order valence-electron chi connectivity index (χ2n) is 5.79. The first-order chi connectivity index (χ1) is 12.3. The van der Waals surface area contributed by atoms with Crippen LogP contribution >= 0.6 is 0 Å². The quantitative estimate of drug-likeness (QED) is 0.566. The molecule has 4 rings (SSSR count). The summed E-state index contributed by atoms with van der Waals surface area (Å²) < 4.78 is 0. The van der Waals surface area contributed by atoms with Crippen LogP contribution in [0.5, 0.6) is 0 Å². The molecule has 0 aliphatic rings. The number of rotatable bonds is 3. The summed E-state index contributed by atoms with van der Waals surface area (Å²) in [6, 6.07) is 29.0. The molecule has 0 radical (unpaired) electrons. The summed E-state index contributed by atoms with van der Waals surface area (Å²) >= 11 is 0. The third kappa shape index (κ3) is 3.26. The zero-order chi connectivity index (χ0) is 17.1. The fraction of sp³-hybridized carbons (Fsp3) is 0. The highest BCUT2D eigenvalue weighted by Crippen LogP contribution is 2.23. The average Bonchev–Trinajstić information content (AvgIpc) is 2.68. The number of fused-ring (bicyclic) bond motifs is 1. The van der Waals surface area contributed by atoms with E-state index in [1.54, 1.807) is 12.1 Å². The SMILES string of the molecule is O=C(Nc1cccc(-c2ccc3ccccc3n2)c1)c1ccccc1. The molecule has 25 heavy (non-hydrogen) atoms. The maximum absolute atomic E-state index is 12.3. The van der Waals surface area contributed by atoms with Gasteiger partial charge in [-0.15, -0.1) is 0 Å². The Morgan fingerprint density at radius 3 is 2.44 bits per heavy atom. The van der Waals surface area contributed by atoms with Crippen molar-refractivity contribution in [3.8, 4) is 11.3 Å². The van der Waals surface area contributed by atoms with E-state index in [-0.39, 0.29) is 5.91 Å². The van der Waals surface area contributed by atoms with Gasteiger partial charge in [-0.1, -0.05) is 54.6 Å². The van der Waals surface area contributed by atoms with Gasteiger partial charge in [0.05, 0.1) is 11.2 Å². The molecule has 0 fully saturated rings. The Morgan fingerprint density at radius 2 is 1.56 bits per heavy atom. The molecule has 0 spiro atoms. The average molecular weight is 324 g/mol. The van der Waals surface area contributed by atoms with Gasteiger partial charge in [-0.2, -0.15) is 0 Å². The van der Waals surface area contributed by atoms with Crippen LogP contribution in [-0.2, 0) is 0 Å². The van der Waals surface area contributed by atoms with Gasteiger partial charge in [-0.05, 0) is 36.4 Å². The fourth-order valence-corrected chi connectivity index (χ4v) is 2.78. The van der Waals surface area contributed by atoms with E-state index in [1.165, 1.54) is 0 Å². The number of amides is 1. The van der Waals surface area contributed by atoms with Crippen molar-refractivity contribution < 1.29 is 4.79 Å². The van der Waals surface area contributed by atoms with Gasteiger partial charge in [-0.25, -0.2) is 4.98 Å². The van der Waals surface area contributed by atoms with Crippen LogP contribution in [0.15, 0.2) is 91.0 Å². The Kier molecular flexibility index (Phi) is 3.97. The third-order valence-electron chi connectivity index (χ3n) is 4.05. The number of nitrogens with zero attached hydrogens (tertiary/aromatic N) is 1. The molecule has 0 atom stereocenters. The first-order valence-corrected chi connectivity index (χ1v) is 8.12. The molecule has 3 aromatic carbocycles. The molecule has 3 nitrogen and oxygen atoms in total. The second-order valence-corrected chi connectivity index (χ2v) is 5.79. The smallest absolute Gasteiger partial charge is 0.255 e. The lowest BCUT2D eigenvalue weighted by atomic mass is 10.1. The van der Waals surface area contributed by atoms with Crippen LogP contribution in [0.2, 0.25) is 0 Å². The largest absolute Gasteiger partial charge is 0.322 e. The molecule has 0 aliphatic heterocycles. The molecule has 0 saturated heterocycles. The Balaban J connectivity index is 1.63. The standard InChI is InChI=1S/C22H16N2O/c25-22(17-8-2-1-3-9-17)23-19-11-6-10-18(15-19)21-14-13-16-7-4-5-12-20(16)24-21/h1-15H,(H,23,25). The van der Waals surface area contributed by atoms with Crippen LogP contribution in [-0.4, -0.2) is 10.9 Å². The van der Waals surface area contributed by atoms with E-state index in [4.69, 9.17) is 4.98 Å². The minimum Gasteiger partial charge on any atom is -0.322 e. The maximum atomic E-state index is 12.3. The van der Waals surface area contributed by atoms with E-state index in [0.29, 0.717) is 5.56 Å². The lowest BCUT2D eigenvalue weighted by Crippen LogP contribution is -2.11. The number of nitrogens with one attached hydrogen (secondary N) is 1. The number of pyridine rings is 1. The van der Waals surface area contributed by atoms with Crippen LogP contribution in [0.1, 0.15) is 10.4 Å². The predicted molar refractivity (Wildman–Crippen MR) is 102 cm³/mol. The number of hydrogen-bond acceptors (Lipinski definition) is 2. The number of hydrogen-bond donors (Lipinski definition) is 1. The van der Waals surface area contributed by atoms with Crippen molar-refractivity contribution in [3.05, 3.63) is 96.6 Å². The summed E-state index contributed by atoms with van der Waals surface area (Å²) in [5.74, 6) is -0.121. The zero-order valence-electron chi connectivity index (χ0n) is 13.5. The summed E-state index contributed by atoms with van der Waals surface area (Å²) in [5, 5.41) is 4.05. The number of benzene rings is 3. The molecule has 0 saturated carbocycles. The molecule has 4 aromatic rings. The first kappa shape index (κ1) is 15.1. The third-order valence-corrected chi connectivity index (χ3v) is 4.05. The van der Waals surface area contributed by atoms with E-state index >= 15 is 0 Å². The van der Waals surface area contributed by atoms with E-state index < -0.39 is 0 Å². The van der Waals surface area contributed by atoms with E-state index in [9.17, 15) is 4.79 Å². The van der Waals surface area contributed by atoms with Gasteiger partial charge >= 0.3 is 0 Å². The Morgan fingerprint density at radius 1 is 0.760 bits per heavy atom. The summed E-state index contributed by atoms with van der Waals surface area (Å²) in [5.41, 5.74) is 4.20. The summed E-state index contributed by atoms with van der Waals surface area (Å²) in [7, 11) is 0. The van der Waals surface area contributed by atoms with Gasteiger partial charge in [-0.3, -0.25) is 4.79 Å².